The van der Waals surface area contributed by atoms with Gasteiger partial charge in [0.05, 0.1) is 18.8 Å². The number of carbonyl (C=O) groups is 2. The zero-order valence-electron chi connectivity index (χ0n) is 15.1. The van der Waals surface area contributed by atoms with Gasteiger partial charge < -0.3 is 10.6 Å². The Labute approximate surface area is 162 Å². The first-order valence-corrected chi connectivity index (χ1v) is 9.41. The Balaban J connectivity index is 1.93. The molecule has 0 radical (unpaired) electrons. The van der Waals surface area contributed by atoms with Crippen LogP contribution in [-0.2, 0) is 9.59 Å². The standard InChI is InChI=1S/C20H24BrN3O2/c1-3-12-24(13-19(25)22-17-10-6-4-8-15(17)2)14-20(26)23-18-11-7-5-9-16(18)21/h4-11H,3,12-14H2,1-2H3,(H,22,25)(H,23,26). The van der Waals surface area contributed by atoms with Gasteiger partial charge in [-0.2, -0.15) is 0 Å². The van der Waals surface area contributed by atoms with Crippen LogP contribution in [0.5, 0.6) is 0 Å². The van der Waals surface area contributed by atoms with Crippen molar-refractivity contribution in [3.63, 3.8) is 0 Å². The lowest BCUT2D eigenvalue weighted by Gasteiger charge is -2.21. The third-order valence-electron chi connectivity index (χ3n) is 3.84. The first kappa shape index (κ1) is 20.1. The van der Waals surface area contributed by atoms with Crippen molar-refractivity contribution in [3.05, 3.63) is 58.6 Å². The van der Waals surface area contributed by atoms with Gasteiger partial charge in [-0.05, 0) is 59.6 Å². The van der Waals surface area contributed by atoms with E-state index in [0.717, 1.165) is 27.8 Å². The summed E-state index contributed by atoms with van der Waals surface area (Å²) in [6, 6.07) is 15.1. The van der Waals surface area contributed by atoms with Crippen LogP contribution in [0.25, 0.3) is 0 Å². The van der Waals surface area contributed by atoms with Crippen LogP contribution in [0.1, 0.15) is 18.9 Å². The van der Waals surface area contributed by atoms with Gasteiger partial charge in [-0.1, -0.05) is 37.3 Å². The highest BCUT2D eigenvalue weighted by molar-refractivity contribution is 9.10. The Hall–Kier alpha value is -2.18. The molecule has 6 heteroatoms. The first-order chi connectivity index (χ1) is 12.5. The number of amides is 2. The summed E-state index contributed by atoms with van der Waals surface area (Å²) in [6.45, 7) is 4.98. The van der Waals surface area contributed by atoms with Crippen molar-refractivity contribution in [2.45, 2.75) is 20.3 Å². The second kappa shape index (κ2) is 10.1. The molecule has 2 rings (SSSR count). The SMILES string of the molecule is CCCN(CC(=O)Nc1ccccc1C)CC(=O)Nc1ccccc1Br. The monoisotopic (exact) mass is 417 g/mol. The van der Waals surface area contributed by atoms with E-state index >= 15 is 0 Å². The van der Waals surface area contributed by atoms with Gasteiger partial charge in [0, 0.05) is 10.2 Å². The molecule has 2 aromatic rings. The van der Waals surface area contributed by atoms with Gasteiger partial charge in [0.2, 0.25) is 11.8 Å². The average molecular weight is 418 g/mol. The maximum absolute atomic E-state index is 12.4. The van der Waals surface area contributed by atoms with Crippen LogP contribution in [0.2, 0.25) is 0 Å². The smallest absolute Gasteiger partial charge is 0.238 e. The summed E-state index contributed by atoms with van der Waals surface area (Å²) < 4.78 is 0.827. The minimum atomic E-state index is -0.144. The molecule has 0 saturated carbocycles. The van der Waals surface area contributed by atoms with E-state index < -0.39 is 0 Å². The van der Waals surface area contributed by atoms with E-state index in [2.05, 4.69) is 26.6 Å². The van der Waals surface area contributed by atoms with Crippen LogP contribution >= 0.6 is 15.9 Å². The Morgan fingerprint density at radius 2 is 1.46 bits per heavy atom. The highest BCUT2D eigenvalue weighted by atomic mass is 79.9. The number of hydrogen-bond donors (Lipinski definition) is 2. The lowest BCUT2D eigenvalue weighted by atomic mass is 10.2. The van der Waals surface area contributed by atoms with Gasteiger partial charge in [0.15, 0.2) is 0 Å². The largest absolute Gasteiger partial charge is 0.325 e. The number of hydrogen-bond acceptors (Lipinski definition) is 3. The fourth-order valence-corrected chi connectivity index (χ4v) is 2.98. The molecule has 0 spiro atoms. The lowest BCUT2D eigenvalue weighted by Crippen LogP contribution is -2.39. The van der Waals surface area contributed by atoms with E-state index in [4.69, 9.17) is 0 Å². The van der Waals surface area contributed by atoms with Gasteiger partial charge in [0.1, 0.15) is 0 Å². The maximum Gasteiger partial charge on any atom is 0.238 e. The highest BCUT2D eigenvalue weighted by Crippen LogP contribution is 2.21. The maximum atomic E-state index is 12.4. The second-order valence-electron chi connectivity index (χ2n) is 6.10. The molecule has 5 nitrogen and oxygen atoms in total. The van der Waals surface area contributed by atoms with Crippen LogP contribution in [0.15, 0.2) is 53.0 Å². The zero-order chi connectivity index (χ0) is 18.9. The van der Waals surface area contributed by atoms with E-state index in [1.807, 2.05) is 67.3 Å². The summed E-state index contributed by atoms with van der Waals surface area (Å²) in [4.78, 5) is 26.5. The quantitative estimate of drug-likeness (QED) is 0.680. The summed E-state index contributed by atoms with van der Waals surface area (Å²) in [7, 11) is 0. The summed E-state index contributed by atoms with van der Waals surface area (Å²) in [5, 5.41) is 5.78. The third kappa shape index (κ3) is 6.28. The molecule has 0 saturated heterocycles. The van der Waals surface area contributed by atoms with Crippen molar-refractivity contribution in [3.8, 4) is 0 Å². The molecule has 2 aromatic carbocycles. The first-order valence-electron chi connectivity index (χ1n) is 8.61. The highest BCUT2D eigenvalue weighted by Gasteiger charge is 2.15. The topological polar surface area (TPSA) is 61.4 Å². The van der Waals surface area contributed by atoms with Crippen molar-refractivity contribution in [2.75, 3.05) is 30.3 Å². The molecule has 2 amide bonds. The van der Waals surface area contributed by atoms with Crippen LogP contribution < -0.4 is 10.6 Å². The van der Waals surface area contributed by atoms with Crippen molar-refractivity contribution in [1.29, 1.82) is 0 Å². The third-order valence-corrected chi connectivity index (χ3v) is 4.53. The average Bonchev–Trinajstić information content (AvgIpc) is 2.59. The van der Waals surface area contributed by atoms with Gasteiger partial charge in [-0.15, -0.1) is 0 Å². The molecule has 0 aliphatic heterocycles. The predicted octanol–water partition coefficient (Wildman–Crippen LogP) is 4.05. The number of aryl methyl sites for hydroxylation is 1. The zero-order valence-corrected chi connectivity index (χ0v) is 16.7. The molecule has 0 aliphatic rings. The fourth-order valence-electron chi connectivity index (χ4n) is 2.59. The number of nitrogens with one attached hydrogen (secondary N) is 2. The molecular formula is C20H24BrN3O2. The van der Waals surface area contributed by atoms with Gasteiger partial charge in [-0.3, -0.25) is 14.5 Å². The number of carbonyl (C=O) groups excluding carboxylic acids is 2. The molecule has 0 aliphatic carbocycles. The molecule has 0 atom stereocenters. The van der Waals surface area contributed by atoms with Crippen molar-refractivity contribution >= 4 is 39.1 Å². The minimum absolute atomic E-state index is 0.124. The number of anilines is 2. The fraction of sp³-hybridized carbons (Fsp3) is 0.300. The van der Waals surface area contributed by atoms with E-state index in [1.54, 1.807) is 0 Å². The summed E-state index contributed by atoms with van der Waals surface area (Å²) in [6.07, 6.45) is 0.861. The Morgan fingerprint density at radius 3 is 2.04 bits per heavy atom. The molecule has 138 valence electrons. The van der Waals surface area contributed by atoms with E-state index in [0.29, 0.717) is 6.54 Å². The van der Waals surface area contributed by atoms with Gasteiger partial charge >= 0.3 is 0 Å². The molecule has 0 aromatic heterocycles. The van der Waals surface area contributed by atoms with Crippen LogP contribution in [0.4, 0.5) is 11.4 Å². The van der Waals surface area contributed by atoms with Gasteiger partial charge in [-0.25, -0.2) is 0 Å². The summed E-state index contributed by atoms with van der Waals surface area (Å²) >= 11 is 3.41. The van der Waals surface area contributed by atoms with Crippen molar-refractivity contribution in [2.24, 2.45) is 0 Å². The molecular weight excluding hydrogens is 394 g/mol. The lowest BCUT2D eigenvalue weighted by molar-refractivity contribution is -0.120. The molecule has 0 bridgehead atoms. The number of halogens is 1. The van der Waals surface area contributed by atoms with Crippen LogP contribution in [-0.4, -0.2) is 36.3 Å². The van der Waals surface area contributed by atoms with E-state index in [9.17, 15) is 9.59 Å². The van der Waals surface area contributed by atoms with Crippen molar-refractivity contribution in [1.82, 2.24) is 4.90 Å². The summed E-state index contributed by atoms with van der Waals surface area (Å²) in [5.74, 6) is -0.268. The van der Waals surface area contributed by atoms with Gasteiger partial charge in [0.25, 0.3) is 0 Å². The minimum Gasteiger partial charge on any atom is -0.325 e. The Bertz CT molecular complexity index is 703. The van der Waals surface area contributed by atoms with Crippen LogP contribution in [0.3, 0.4) is 0 Å². The van der Waals surface area contributed by atoms with Crippen molar-refractivity contribution < 1.29 is 9.59 Å². The molecule has 0 unspecified atom stereocenters. The molecule has 26 heavy (non-hydrogen) atoms. The normalized spacial score (nSPS) is 10.6. The second-order valence-corrected chi connectivity index (χ2v) is 6.96. The number of rotatable bonds is 8. The Morgan fingerprint density at radius 1 is 0.923 bits per heavy atom. The van der Waals surface area contributed by atoms with Crippen LogP contribution in [0, 0.1) is 6.92 Å². The number of nitrogens with zero attached hydrogens (tertiary/aromatic N) is 1. The molecule has 2 N–H and O–H groups in total. The molecule has 0 fully saturated rings. The summed E-state index contributed by atoms with van der Waals surface area (Å²) in [5.41, 5.74) is 2.53. The van der Waals surface area contributed by atoms with E-state index in [1.165, 1.54) is 0 Å². The Kier molecular flexibility index (Phi) is 7.81. The van der Waals surface area contributed by atoms with E-state index in [-0.39, 0.29) is 24.9 Å². The number of para-hydroxylation sites is 2. The number of benzene rings is 2. The molecule has 0 heterocycles. The predicted molar refractivity (Wildman–Crippen MR) is 109 cm³/mol.